The summed E-state index contributed by atoms with van der Waals surface area (Å²) in [6, 6.07) is 18.2. The zero-order chi connectivity index (χ0) is 23.4. The number of nitrogens with one attached hydrogen (secondary N) is 1. The highest BCUT2D eigenvalue weighted by atomic mass is 79.9. The van der Waals surface area contributed by atoms with Gasteiger partial charge in [0.25, 0.3) is 0 Å². The fourth-order valence-corrected chi connectivity index (χ4v) is 4.35. The summed E-state index contributed by atoms with van der Waals surface area (Å²) < 4.78 is 25.4. The average molecular weight is 514 g/mol. The van der Waals surface area contributed by atoms with Crippen LogP contribution in [0.15, 0.2) is 71.2 Å². The molecule has 0 spiro atoms. The molecule has 0 radical (unpaired) electrons. The summed E-state index contributed by atoms with van der Waals surface area (Å²) in [5, 5.41) is 16.5. The summed E-state index contributed by atoms with van der Waals surface area (Å²) >= 11 is 3.29. The minimum Gasteiger partial charge on any atom is -0.504 e. The number of hydrogen-bond acceptors (Lipinski definition) is 4. The van der Waals surface area contributed by atoms with Crippen LogP contribution in [0, 0.1) is 5.82 Å². The third-order valence-electron chi connectivity index (χ3n) is 5.53. The second-order valence-electron chi connectivity index (χ2n) is 7.68. The molecule has 1 aliphatic rings. The van der Waals surface area contributed by atoms with Gasteiger partial charge in [0.2, 0.25) is 0 Å². The molecule has 2 unspecified atom stereocenters. The molecule has 172 valence electrons. The predicted molar refractivity (Wildman–Crippen MR) is 130 cm³/mol. The molecule has 0 amide bonds. The minimum atomic E-state index is -0.310. The first-order valence-corrected chi connectivity index (χ1v) is 11.8. The number of quaternary nitrogens is 1. The van der Waals surface area contributed by atoms with Crippen molar-refractivity contribution in [1.29, 1.82) is 0 Å². The van der Waals surface area contributed by atoms with Gasteiger partial charge in [0.1, 0.15) is 17.6 Å². The van der Waals surface area contributed by atoms with Crippen LogP contribution in [0.1, 0.15) is 42.7 Å². The molecule has 33 heavy (non-hydrogen) atoms. The molecule has 4 N–H and O–H groups in total. The Labute approximate surface area is 201 Å². The molecule has 1 heterocycles. The van der Waals surface area contributed by atoms with E-state index in [2.05, 4.69) is 32.6 Å². The standard InChI is InChI=1S/C26H26BrFN2O3/c1-3-32-18-11-8-16(9-12-18)22-15-23(19-6-5-7-24(25(19)31)33-4-2)30-26(29-22)17-10-13-21(28)20(27)14-17/h5-15,23,26,29-31H,3-4H2,1-2H3/p+1. The van der Waals surface area contributed by atoms with Crippen LogP contribution in [0.2, 0.25) is 0 Å². The van der Waals surface area contributed by atoms with Crippen molar-refractivity contribution in [1.82, 2.24) is 5.32 Å². The number of nitrogens with two attached hydrogens (primary N) is 1. The molecule has 0 saturated carbocycles. The van der Waals surface area contributed by atoms with E-state index in [4.69, 9.17) is 9.47 Å². The fourth-order valence-electron chi connectivity index (χ4n) is 3.96. The van der Waals surface area contributed by atoms with Gasteiger partial charge in [-0.05, 0) is 89.9 Å². The van der Waals surface area contributed by atoms with Gasteiger partial charge < -0.3 is 25.2 Å². The average Bonchev–Trinajstić information content (AvgIpc) is 2.83. The monoisotopic (exact) mass is 513 g/mol. The van der Waals surface area contributed by atoms with Gasteiger partial charge in [-0.3, -0.25) is 0 Å². The van der Waals surface area contributed by atoms with Crippen LogP contribution in [-0.2, 0) is 0 Å². The third-order valence-corrected chi connectivity index (χ3v) is 6.13. The molecule has 2 atom stereocenters. The number of hydrogen-bond donors (Lipinski definition) is 3. The Bertz CT molecular complexity index is 1150. The van der Waals surface area contributed by atoms with Gasteiger partial charge in [0.05, 0.1) is 23.2 Å². The molecule has 0 saturated heterocycles. The Balaban J connectivity index is 1.74. The van der Waals surface area contributed by atoms with E-state index in [1.54, 1.807) is 18.2 Å². The van der Waals surface area contributed by atoms with Crippen LogP contribution in [-0.4, -0.2) is 18.3 Å². The van der Waals surface area contributed by atoms with Gasteiger partial charge >= 0.3 is 0 Å². The van der Waals surface area contributed by atoms with Crippen molar-refractivity contribution in [3.05, 3.63) is 93.7 Å². The largest absolute Gasteiger partial charge is 0.504 e. The zero-order valence-corrected chi connectivity index (χ0v) is 20.1. The van der Waals surface area contributed by atoms with E-state index in [1.807, 2.05) is 50.2 Å². The van der Waals surface area contributed by atoms with E-state index in [0.717, 1.165) is 28.1 Å². The van der Waals surface area contributed by atoms with Crippen LogP contribution in [0.5, 0.6) is 17.2 Å². The summed E-state index contributed by atoms with van der Waals surface area (Å²) in [5.41, 5.74) is 3.56. The lowest BCUT2D eigenvalue weighted by Crippen LogP contribution is -2.89. The number of ether oxygens (including phenoxy) is 2. The lowest BCUT2D eigenvalue weighted by Gasteiger charge is -2.30. The van der Waals surface area contributed by atoms with E-state index < -0.39 is 0 Å². The van der Waals surface area contributed by atoms with Crippen molar-refractivity contribution in [3.8, 4) is 17.2 Å². The molecular weight excluding hydrogens is 487 g/mol. The number of halogens is 2. The molecule has 1 aliphatic heterocycles. The van der Waals surface area contributed by atoms with Gasteiger partial charge in [-0.2, -0.15) is 0 Å². The minimum absolute atomic E-state index is 0.129. The second kappa shape index (κ2) is 10.3. The number of benzene rings is 3. The Kier molecular flexibility index (Phi) is 7.20. The lowest BCUT2D eigenvalue weighted by molar-refractivity contribution is -0.731. The first-order valence-electron chi connectivity index (χ1n) is 11.0. The first kappa shape index (κ1) is 23.1. The molecule has 4 rings (SSSR count). The Morgan fingerprint density at radius 2 is 1.79 bits per heavy atom. The van der Waals surface area contributed by atoms with Crippen molar-refractivity contribution in [2.45, 2.75) is 26.1 Å². The van der Waals surface area contributed by atoms with Gasteiger partial charge in [-0.25, -0.2) is 4.39 Å². The quantitative estimate of drug-likeness (QED) is 0.414. The molecule has 7 heteroatoms. The van der Waals surface area contributed by atoms with Crippen LogP contribution in [0.25, 0.3) is 5.70 Å². The molecule has 0 fully saturated rings. The van der Waals surface area contributed by atoms with Crippen molar-refractivity contribution < 1.29 is 24.3 Å². The molecule has 3 aromatic carbocycles. The van der Waals surface area contributed by atoms with Crippen LogP contribution in [0.4, 0.5) is 4.39 Å². The number of aromatic hydroxyl groups is 1. The summed E-state index contributed by atoms with van der Waals surface area (Å²) in [5.74, 6) is 1.08. The Morgan fingerprint density at radius 3 is 2.48 bits per heavy atom. The lowest BCUT2D eigenvalue weighted by atomic mass is 9.97. The maximum Gasteiger partial charge on any atom is 0.186 e. The maximum absolute atomic E-state index is 13.9. The molecule has 0 bridgehead atoms. The van der Waals surface area contributed by atoms with Gasteiger partial charge in [-0.1, -0.05) is 6.07 Å². The number of rotatable bonds is 7. The van der Waals surface area contributed by atoms with E-state index >= 15 is 0 Å². The van der Waals surface area contributed by atoms with Crippen molar-refractivity contribution in [2.24, 2.45) is 0 Å². The predicted octanol–water partition coefficient (Wildman–Crippen LogP) is 5.04. The highest BCUT2D eigenvalue weighted by Gasteiger charge is 2.30. The summed E-state index contributed by atoms with van der Waals surface area (Å²) in [7, 11) is 0. The fraction of sp³-hybridized carbons (Fsp3) is 0.231. The highest BCUT2D eigenvalue weighted by Crippen LogP contribution is 2.35. The second-order valence-corrected chi connectivity index (χ2v) is 8.53. The smallest absolute Gasteiger partial charge is 0.186 e. The number of phenolic OH excluding ortho intramolecular Hbond substituents is 1. The summed E-state index contributed by atoms with van der Waals surface area (Å²) in [6.45, 7) is 4.91. The van der Waals surface area contributed by atoms with Crippen LogP contribution < -0.4 is 20.1 Å². The topological polar surface area (TPSA) is 67.3 Å². The van der Waals surface area contributed by atoms with E-state index in [9.17, 15) is 9.50 Å². The van der Waals surface area contributed by atoms with Crippen molar-refractivity contribution in [2.75, 3.05) is 13.2 Å². The summed E-state index contributed by atoms with van der Waals surface area (Å²) in [6.07, 6.45) is 1.88. The molecule has 5 nitrogen and oxygen atoms in total. The Morgan fingerprint density at radius 1 is 1.03 bits per heavy atom. The van der Waals surface area contributed by atoms with Crippen LogP contribution >= 0.6 is 15.9 Å². The van der Waals surface area contributed by atoms with Crippen molar-refractivity contribution >= 4 is 21.6 Å². The normalized spacial score (nSPS) is 17.8. The summed E-state index contributed by atoms with van der Waals surface area (Å²) in [4.78, 5) is 0. The van der Waals surface area contributed by atoms with Crippen LogP contribution in [0.3, 0.4) is 0 Å². The van der Waals surface area contributed by atoms with Gasteiger partial charge in [0.15, 0.2) is 17.7 Å². The SMILES string of the molecule is CCOc1ccc(C2=CC(c3cccc(OCC)c3O)[NH2+]C(c3ccc(F)c(Br)c3)N2)cc1. The molecule has 0 aromatic heterocycles. The van der Waals surface area contributed by atoms with Gasteiger partial charge in [0, 0.05) is 17.3 Å². The van der Waals surface area contributed by atoms with Gasteiger partial charge in [-0.15, -0.1) is 0 Å². The molecule has 3 aromatic rings. The zero-order valence-electron chi connectivity index (χ0n) is 18.5. The van der Waals surface area contributed by atoms with E-state index in [0.29, 0.717) is 23.4 Å². The maximum atomic E-state index is 13.9. The van der Waals surface area contributed by atoms with E-state index in [-0.39, 0.29) is 23.8 Å². The first-order chi connectivity index (χ1) is 16.0. The number of phenols is 1. The number of para-hydroxylation sites is 1. The highest BCUT2D eigenvalue weighted by molar-refractivity contribution is 9.10. The molecular formula is C26H27BrFN2O3+. The third kappa shape index (κ3) is 5.15. The van der Waals surface area contributed by atoms with E-state index in [1.165, 1.54) is 6.07 Å². The Hall–Kier alpha value is -3.03. The van der Waals surface area contributed by atoms with Crippen molar-refractivity contribution in [3.63, 3.8) is 0 Å². The molecule has 0 aliphatic carbocycles.